The number of carbonyl (C=O) groups excluding carboxylic acids is 3. The Hall–Kier alpha value is -2.69. The van der Waals surface area contributed by atoms with E-state index in [2.05, 4.69) is 0 Å². The van der Waals surface area contributed by atoms with E-state index in [9.17, 15) is 19.5 Å². The maximum absolute atomic E-state index is 12.4. The van der Waals surface area contributed by atoms with Gasteiger partial charge in [-0.15, -0.1) is 0 Å². The van der Waals surface area contributed by atoms with Crippen molar-refractivity contribution in [3.63, 3.8) is 0 Å². The third-order valence-electron chi connectivity index (χ3n) is 3.60. The number of phenols is 1. The first-order valence-corrected chi connectivity index (χ1v) is 6.72. The standard InChI is InChI=1S/C16H13NO4/c1-2-4-13(19)17-15(20)10-6-3-5-9-12(18)8-7-11(14(9)10)16(17)21/h3,5-8,18H,2,4H2,1H3. The minimum absolute atomic E-state index is 0.00420. The molecule has 106 valence electrons. The van der Waals surface area contributed by atoms with Crippen molar-refractivity contribution in [2.24, 2.45) is 0 Å². The Labute approximate surface area is 120 Å². The molecule has 5 nitrogen and oxygen atoms in total. The fourth-order valence-electron chi connectivity index (χ4n) is 2.63. The highest BCUT2D eigenvalue weighted by Gasteiger charge is 2.36. The van der Waals surface area contributed by atoms with E-state index in [1.807, 2.05) is 6.92 Å². The lowest BCUT2D eigenvalue weighted by molar-refractivity contribution is -0.126. The Kier molecular flexibility index (Phi) is 2.97. The molecule has 0 saturated carbocycles. The number of aromatic hydroxyl groups is 1. The Morgan fingerprint density at radius 1 is 1.10 bits per heavy atom. The van der Waals surface area contributed by atoms with Crippen LogP contribution in [0.4, 0.5) is 0 Å². The highest BCUT2D eigenvalue weighted by Crippen LogP contribution is 2.34. The van der Waals surface area contributed by atoms with Crippen LogP contribution in [0.5, 0.6) is 5.75 Å². The lowest BCUT2D eigenvalue weighted by Gasteiger charge is -2.25. The predicted octanol–water partition coefficient (Wildman–Crippen LogP) is 2.47. The second kappa shape index (κ2) is 4.70. The van der Waals surface area contributed by atoms with Gasteiger partial charge in [0.25, 0.3) is 11.8 Å². The smallest absolute Gasteiger partial charge is 0.268 e. The van der Waals surface area contributed by atoms with E-state index in [-0.39, 0.29) is 23.3 Å². The third kappa shape index (κ3) is 1.81. The Balaban J connectivity index is 2.27. The Morgan fingerprint density at radius 3 is 2.43 bits per heavy atom. The maximum atomic E-state index is 12.4. The summed E-state index contributed by atoms with van der Waals surface area (Å²) in [5, 5.41) is 10.7. The molecule has 5 heteroatoms. The van der Waals surface area contributed by atoms with Crippen molar-refractivity contribution in [3.05, 3.63) is 41.5 Å². The van der Waals surface area contributed by atoms with E-state index >= 15 is 0 Å². The van der Waals surface area contributed by atoms with Crippen molar-refractivity contribution in [1.82, 2.24) is 4.90 Å². The topological polar surface area (TPSA) is 74.7 Å². The van der Waals surface area contributed by atoms with Crippen LogP contribution in [-0.4, -0.2) is 27.7 Å². The van der Waals surface area contributed by atoms with Crippen LogP contribution >= 0.6 is 0 Å². The number of carbonyl (C=O) groups is 3. The largest absolute Gasteiger partial charge is 0.507 e. The van der Waals surface area contributed by atoms with Gasteiger partial charge >= 0.3 is 0 Å². The molecule has 2 aromatic carbocycles. The van der Waals surface area contributed by atoms with Gasteiger partial charge in [-0.3, -0.25) is 14.4 Å². The SMILES string of the molecule is CCCC(=O)N1C(=O)c2cccc3c(O)ccc(c23)C1=O. The second-order valence-electron chi connectivity index (χ2n) is 4.95. The van der Waals surface area contributed by atoms with Crippen LogP contribution in [-0.2, 0) is 4.79 Å². The summed E-state index contributed by atoms with van der Waals surface area (Å²) < 4.78 is 0. The molecule has 0 aliphatic carbocycles. The Morgan fingerprint density at radius 2 is 1.76 bits per heavy atom. The normalized spacial score (nSPS) is 13.9. The Bertz CT molecular complexity index is 772. The maximum Gasteiger partial charge on any atom is 0.268 e. The van der Waals surface area contributed by atoms with Crippen LogP contribution in [0.25, 0.3) is 10.8 Å². The second-order valence-corrected chi connectivity index (χ2v) is 4.95. The van der Waals surface area contributed by atoms with Gasteiger partial charge in [-0.05, 0) is 24.6 Å². The van der Waals surface area contributed by atoms with E-state index in [1.54, 1.807) is 18.2 Å². The molecule has 0 spiro atoms. The molecular formula is C16H13NO4. The zero-order valence-electron chi connectivity index (χ0n) is 11.4. The highest BCUT2D eigenvalue weighted by atomic mass is 16.3. The van der Waals surface area contributed by atoms with E-state index in [0.29, 0.717) is 22.1 Å². The predicted molar refractivity (Wildman–Crippen MR) is 76.0 cm³/mol. The molecule has 21 heavy (non-hydrogen) atoms. The molecule has 0 unspecified atom stereocenters. The van der Waals surface area contributed by atoms with E-state index in [1.165, 1.54) is 12.1 Å². The van der Waals surface area contributed by atoms with E-state index in [0.717, 1.165) is 0 Å². The molecule has 0 aromatic heterocycles. The van der Waals surface area contributed by atoms with E-state index < -0.39 is 17.7 Å². The zero-order chi connectivity index (χ0) is 15.1. The molecule has 1 aliphatic heterocycles. The minimum atomic E-state index is -0.623. The van der Waals surface area contributed by atoms with Crippen LogP contribution in [0, 0.1) is 0 Å². The van der Waals surface area contributed by atoms with Gasteiger partial charge in [0.15, 0.2) is 0 Å². The molecule has 0 radical (unpaired) electrons. The van der Waals surface area contributed by atoms with Crippen molar-refractivity contribution < 1.29 is 19.5 Å². The number of amides is 3. The fourth-order valence-corrected chi connectivity index (χ4v) is 2.63. The summed E-state index contributed by atoms with van der Waals surface area (Å²) in [6.45, 7) is 1.81. The lowest BCUT2D eigenvalue weighted by Crippen LogP contribution is -2.44. The summed E-state index contributed by atoms with van der Waals surface area (Å²) in [4.78, 5) is 37.6. The monoisotopic (exact) mass is 283 g/mol. The third-order valence-corrected chi connectivity index (χ3v) is 3.60. The zero-order valence-corrected chi connectivity index (χ0v) is 11.4. The van der Waals surface area contributed by atoms with Gasteiger partial charge in [-0.25, -0.2) is 4.90 Å². The van der Waals surface area contributed by atoms with Gasteiger partial charge in [-0.2, -0.15) is 0 Å². The van der Waals surface area contributed by atoms with Crippen LogP contribution in [0.2, 0.25) is 0 Å². The number of phenolic OH excluding ortho intramolecular Hbond substituents is 1. The van der Waals surface area contributed by atoms with Crippen molar-refractivity contribution in [3.8, 4) is 5.75 Å². The molecule has 0 saturated heterocycles. The fraction of sp³-hybridized carbons (Fsp3) is 0.188. The van der Waals surface area contributed by atoms with Crippen LogP contribution in [0.1, 0.15) is 40.5 Å². The van der Waals surface area contributed by atoms with Crippen molar-refractivity contribution in [1.29, 1.82) is 0 Å². The summed E-state index contributed by atoms with van der Waals surface area (Å²) in [6, 6.07) is 7.67. The molecule has 1 heterocycles. The lowest BCUT2D eigenvalue weighted by atomic mass is 9.93. The van der Waals surface area contributed by atoms with Crippen LogP contribution in [0.15, 0.2) is 30.3 Å². The van der Waals surface area contributed by atoms with Crippen LogP contribution in [0.3, 0.4) is 0 Å². The highest BCUT2D eigenvalue weighted by molar-refractivity contribution is 6.31. The molecule has 0 atom stereocenters. The van der Waals surface area contributed by atoms with Gasteiger partial charge in [0.1, 0.15) is 5.75 Å². The molecule has 3 amide bonds. The summed E-state index contributed by atoms with van der Waals surface area (Å²) >= 11 is 0. The first-order chi connectivity index (χ1) is 10.1. The summed E-state index contributed by atoms with van der Waals surface area (Å²) in [5.74, 6) is -1.74. The van der Waals surface area contributed by atoms with Crippen molar-refractivity contribution in [2.75, 3.05) is 0 Å². The molecule has 1 N–H and O–H groups in total. The number of rotatable bonds is 2. The van der Waals surface area contributed by atoms with Crippen molar-refractivity contribution in [2.45, 2.75) is 19.8 Å². The first-order valence-electron chi connectivity index (χ1n) is 6.72. The average Bonchev–Trinajstić information content (AvgIpc) is 2.46. The molecule has 3 rings (SSSR count). The number of imide groups is 3. The van der Waals surface area contributed by atoms with Gasteiger partial charge in [0, 0.05) is 28.3 Å². The van der Waals surface area contributed by atoms with E-state index in [4.69, 9.17) is 0 Å². The summed E-state index contributed by atoms with van der Waals surface area (Å²) in [5.41, 5.74) is 0.532. The number of hydrogen-bond donors (Lipinski definition) is 1. The minimum Gasteiger partial charge on any atom is -0.507 e. The first kappa shape index (κ1) is 13.3. The average molecular weight is 283 g/mol. The van der Waals surface area contributed by atoms with Gasteiger partial charge < -0.3 is 5.11 Å². The number of nitrogens with zero attached hydrogens (tertiary/aromatic N) is 1. The van der Waals surface area contributed by atoms with Gasteiger partial charge in [0.05, 0.1) is 0 Å². The summed E-state index contributed by atoms with van der Waals surface area (Å²) in [6.07, 6.45) is 0.698. The quantitative estimate of drug-likeness (QED) is 0.859. The molecule has 2 aromatic rings. The molecule has 0 bridgehead atoms. The molecule has 0 fully saturated rings. The van der Waals surface area contributed by atoms with Crippen LogP contribution < -0.4 is 0 Å². The van der Waals surface area contributed by atoms with Gasteiger partial charge in [0.2, 0.25) is 5.91 Å². The van der Waals surface area contributed by atoms with Crippen molar-refractivity contribution >= 4 is 28.5 Å². The van der Waals surface area contributed by atoms with Gasteiger partial charge in [-0.1, -0.05) is 19.1 Å². The number of benzene rings is 2. The molecule has 1 aliphatic rings. The number of hydrogen-bond acceptors (Lipinski definition) is 4. The molecular weight excluding hydrogens is 270 g/mol. The summed E-state index contributed by atoms with van der Waals surface area (Å²) in [7, 11) is 0.